The van der Waals surface area contributed by atoms with E-state index in [1.165, 1.54) is 22.3 Å². The van der Waals surface area contributed by atoms with Gasteiger partial charge in [-0.1, -0.05) is 54.1 Å². The molecule has 3 aromatic rings. The number of nitrogen functional groups attached to an aromatic ring is 1. The van der Waals surface area contributed by atoms with Gasteiger partial charge in [-0.05, 0) is 71.7 Å². The lowest BCUT2D eigenvalue weighted by molar-refractivity contribution is 0.195. The molecule has 1 fully saturated rings. The summed E-state index contributed by atoms with van der Waals surface area (Å²) in [5.74, 6) is 1.23. The maximum atomic E-state index is 6.89. The first-order chi connectivity index (χ1) is 15.2. The summed E-state index contributed by atoms with van der Waals surface area (Å²) in [7, 11) is 1.75. The van der Waals surface area contributed by atoms with Crippen molar-refractivity contribution in [2.45, 2.75) is 31.1 Å². The molecule has 1 aliphatic rings. The average molecular weight is 436 g/mol. The van der Waals surface area contributed by atoms with Gasteiger partial charge in [-0.25, -0.2) is 4.98 Å². The molecule has 0 unspecified atom stereocenters. The van der Waals surface area contributed by atoms with Gasteiger partial charge in [0.2, 0.25) is 0 Å². The van der Waals surface area contributed by atoms with E-state index in [0.29, 0.717) is 17.7 Å². The largest absolute Gasteiger partial charge is 0.385 e. The molecule has 5 heteroatoms. The van der Waals surface area contributed by atoms with Gasteiger partial charge >= 0.3 is 0 Å². The SMILES string of the molecule is COCCCc1ccccc1-c1ccc([C@H]2CNCC[C@@H]2c2ccc(N)nc2)c(Cl)c1. The van der Waals surface area contributed by atoms with Crippen molar-refractivity contribution in [3.8, 4) is 11.1 Å². The van der Waals surface area contributed by atoms with Crippen molar-refractivity contribution in [3.63, 3.8) is 0 Å². The number of methoxy groups -OCH3 is 1. The summed E-state index contributed by atoms with van der Waals surface area (Å²) < 4.78 is 5.23. The molecule has 0 spiro atoms. The number of aryl methyl sites for hydroxylation is 1. The van der Waals surface area contributed by atoms with E-state index in [9.17, 15) is 0 Å². The smallest absolute Gasteiger partial charge is 0.123 e. The molecule has 0 radical (unpaired) electrons. The van der Waals surface area contributed by atoms with E-state index < -0.39 is 0 Å². The zero-order valence-electron chi connectivity index (χ0n) is 18.0. The standard InChI is InChI=1S/C26H30ClN3O/c1-31-14-4-6-18-5-2-3-7-21(18)19-8-10-23(25(27)15-19)24-17-29-13-12-22(24)20-9-11-26(28)30-16-20/h2-3,5,7-11,15-16,22,24,29H,4,6,12-14,17H2,1H3,(H2,28,30)/t22-,24+/m1/s1. The Labute approximate surface area is 189 Å². The van der Waals surface area contributed by atoms with Crippen LogP contribution in [0.1, 0.15) is 41.4 Å². The topological polar surface area (TPSA) is 60.2 Å². The van der Waals surface area contributed by atoms with Crippen molar-refractivity contribution in [3.05, 3.63) is 82.5 Å². The first-order valence-corrected chi connectivity index (χ1v) is 11.3. The molecule has 2 heterocycles. The Bertz CT molecular complexity index is 1010. The molecule has 4 rings (SSSR count). The number of hydrogen-bond acceptors (Lipinski definition) is 4. The van der Waals surface area contributed by atoms with Crippen molar-refractivity contribution in [1.29, 1.82) is 0 Å². The number of hydrogen-bond donors (Lipinski definition) is 2. The average Bonchev–Trinajstić information content (AvgIpc) is 2.80. The zero-order chi connectivity index (χ0) is 21.6. The fourth-order valence-corrected chi connectivity index (χ4v) is 4.96. The van der Waals surface area contributed by atoms with Crippen LogP contribution in [0.25, 0.3) is 11.1 Å². The molecular weight excluding hydrogens is 406 g/mol. The molecular formula is C26H30ClN3O. The van der Waals surface area contributed by atoms with Gasteiger partial charge in [0.15, 0.2) is 0 Å². The Morgan fingerprint density at radius 1 is 1.13 bits per heavy atom. The van der Waals surface area contributed by atoms with E-state index in [4.69, 9.17) is 22.1 Å². The Morgan fingerprint density at radius 2 is 2.00 bits per heavy atom. The molecule has 0 bridgehead atoms. The van der Waals surface area contributed by atoms with Gasteiger partial charge in [0.1, 0.15) is 5.82 Å². The second-order valence-electron chi connectivity index (χ2n) is 8.21. The van der Waals surface area contributed by atoms with Gasteiger partial charge in [-0.2, -0.15) is 0 Å². The Hall–Kier alpha value is -2.40. The number of benzene rings is 2. The molecule has 162 valence electrons. The minimum Gasteiger partial charge on any atom is -0.385 e. The number of anilines is 1. The summed E-state index contributed by atoms with van der Waals surface area (Å²) in [6, 6.07) is 19.1. The summed E-state index contributed by atoms with van der Waals surface area (Å²) in [5.41, 5.74) is 11.9. The molecule has 1 aliphatic heterocycles. The monoisotopic (exact) mass is 435 g/mol. The van der Waals surface area contributed by atoms with Crippen molar-refractivity contribution in [2.75, 3.05) is 32.5 Å². The van der Waals surface area contributed by atoms with E-state index in [-0.39, 0.29) is 0 Å². The van der Waals surface area contributed by atoms with E-state index in [1.54, 1.807) is 7.11 Å². The molecule has 4 nitrogen and oxygen atoms in total. The number of nitrogens with two attached hydrogens (primary N) is 1. The second-order valence-corrected chi connectivity index (χ2v) is 8.62. The van der Waals surface area contributed by atoms with Crippen LogP contribution in [0.4, 0.5) is 5.82 Å². The van der Waals surface area contributed by atoms with Crippen LogP contribution >= 0.6 is 11.6 Å². The van der Waals surface area contributed by atoms with Gasteiger partial charge in [0, 0.05) is 37.4 Å². The van der Waals surface area contributed by atoms with E-state index in [1.807, 2.05) is 12.3 Å². The number of ether oxygens (including phenoxy) is 1. The fourth-order valence-electron chi connectivity index (χ4n) is 4.64. The summed E-state index contributed by atoms with van der Waals surface area (Å²) in [6.07, 6.45) is 4.96. The lowest BCUT2D eigenvalue weighted by atomic mass is 9.77. The maximum absolute atomic E-state index is 6.89. The fraction of sp³-hybridized carbons (Fsp3) is 0.346. The first kappa shape index (κ1) is 21.8. The van der Waals surface area contributed by atoms with Crippen molar-refractivity contribution >= 4 is 17.4 Å². The highest BCUT2D eigenvalue weighted by Crippen LogP contribution is 2.41. The highest BCUT2D eigenvalue weighted by Gasteiger charge is 2.29. The minimum absolute atomic E-state index is 0.303. The lowest BCUT2D eigenvalue weighted by Crippen LogP contribution is -2.34. The molecule has 2 atom stereocenters. The van der Waals surface area contributed by atoms with Gasteiger partial charge in [0.25, 0.3) is 0 Å². The molecule has 1 saturated heterocycles. The second kappa shape index (κ2) is 10.3. The van der Waals surface area contributed by atoms with E-state index >= 15 is 0 Å². The maximum Gasteiger partial charge on any atom is 0.123 e. The van der Waals surface area contributed by atoms with Crippen LogP contribution in [0.2, 0.25) is 5.02 Å². The molecule has 0 aliphatic carbocycles. The third-order valence-electron chi connectivity index (χ3n) is 6.24. The summed E-state index contributed by atoms with van der Waals surface area (Å²) in [6.45, 7) is 2.67. The third kappa shape index (κ3) is 5.09. The van der Waals surface area contributed by atoms with Crippen LogP contribution in [-0.2, 0) is 11.2 Å². The Morgan fingerprint density at radius 3 is 2.77 bits per heavy atom. The lowest BCUT2D eigenvalue weighted by Gasteiger charge is -2.33. The molecule has 0 amide bonds. The van der Waals surface area contributed by atoms with Crippen molar-refractivity contribution in [1.82, 2.24) is 10.3 Å². The van der Waals surface area contributed by atoms with E-state index in [2.05, 4.69) is 58.8 Å². The van der Waals surface area contributed by atoms with E-state index in [0.717, 1.165) is 49.5 Å². The number of nitrogens with zero attached hydrogens (tertiary/aromatic N) is 1. The normalized spacial score (nSPS) is 18.8. The van der Waals surface area contributed by atoms with Crippen LogP contribution < -0.4 is 11.1 Å². The quantitative estimate of drug-likeness (QED) is 0.486. The molecule has 1 aromatic heterocycles. The molecule has 0 saturated carbocycles. The summed E-state index contributed by atoms with van der Waals surface area (Å²) >= 11 is 6.89. The predicted octanol–water partition coefficient (Wildman–Crippen LogP) is 5.42. The highest BCUT2D eigenvalue weighted by atomic mass is 35.5. The van der Waals surface area contributed by atoms with Crippen LogP contribution in [0.5, 0.6) is 0 Å². The molecule has 3 N–H and O–H groups in total. The van der Waals surface area contributed by atoms with Crippen molar-refractivity contribution < 1.29 is 4.74 Å². The van der Waals surface area contributed by atoms with Gasteiger partial charge in [0.05, 0.1) is 0 Å². The number of rotatable bonds is 7. The third-order valence-corrected chi connectivity index (χ3v) is 6.57. The highest BCUT2D eigenvalue weighted by molar-refractivity contribution is 6.31. The number of aromatic nitrogens is 1. The van der Waals surface area contributed by atoms with Crippen LogP contribution in [-0.4, -0.2) is 31.8 Å². The number of nitrogens with one attached hydrogen (secondary N) is 1. The summed E-state index contributed by atoms with van der Waals surface area (Å²) in [4.78, 5) is 4.31. The van der Waals surface area contributed by atoms with Crippen molar-refractivity contribution in [2.24, 2.45) is 0 Å². The number of halogens is 1. The van der Waals surface area contributed by atoms with Crippen LogP contribution in [0.3, 0.4) is 0 Å². The van der Waals surface area contributed by atoms with Crippen LogP contribution in [0, 0.1) is 0 Å². The van der Waals surface area contributed by atoms with Crippen LogP contribution in [0.15, 0.2) is 60.8 Å². The Kier molecular flexibility index (Phi) is 7.23. The number of piperidine rings is 1. The molecule has 2 aromatic carbocycles. The summed E-state index contributed by atoms with van der Waals surface area (Å²) in [5, 5.41) is 4.37. The first-order valence-electron chi connectivity index (χ1n) is 11.0. The predicted molar refractivity (Wildman–Crippen MR) is 129 cm³/mol. The number of pyridine rings is 1. The van der Waals surface area contributed by atoms with Gasteiger partial charge < -0.3 is 15.8 Å². The zero-order valence-corrected chi connectivity index (χ0v) is 18.7. The Balaban J connectivity index is 1.62. The van der Waals surface area contributed by atoms with Gasteiger partial charge in [-0.3, -0.25) is 0 Å². The van der Waals surface area contributed by atoms with Gasteiger partial charge in [-0.15, -0.1) is 0 Å². The molecule has 31 heavy (non-hydrogen) atoms. The minimum atomic E-state index is 0.303.